The van der Waals surface area contributed by atoms with E-state index in [0.29, 0.717) is 30.6 Å². The average molecular weight is 389 g/mol. The second-order valence-electron chi connectivity index (χ2n) is 6.52. The second-order valence-corrected chi connectivity index (χ2v) is 6.52. The predicted molar refractivity (Wildman–Crippen MR) is 112 cm³/mol. The van der Waals surface area contributed by atoms with Crippen LogP contribution < -0.4 is 15.4 Å². The largest absolute Gasteiger partial charge is 0.497 e. The van der Waals surface area contributed by atoms with Crippen molar-refractivity contribution in [1.82, 2.24) is 10.3 Å². The zero-order chi connectivity index (χ0) is 20.5. The number of anilines is 1. The highest BCUT2D eigenvalue weighted by atomic mass is 16.5. The van der Waals surface area contributed by atoms with E-state index in [1.807, 2.05) is 48.5 Å². The summed E-state index contributed by atoms with van der Waals surface area (Å²) in [5.41, 5.74) is 3.21. The lowest BCUT2D eigenvalue weighted by atomic mass is 10.1. The number of benzene rings is 2. The first-order valence-corrected chi connectivity index (χ1v) is 9.34. The normalized spacial score (nSPS) is 10.2. The van der Waals surface area contributed by atoms with Crippen molar-refractivity contribution in [2.45, 2.75) is 19.4 Å². The number of rotatable bonds is 8. The second kappa shape index (κ2) is 10.0. The molecule has 0 radical (unpaired) electrons. The summed E-state index contributed by atoms with van der Waals surface area (Å²) in [5, 5.41) is 5.77. The zero-order valence-electron chi connectivity index (χ0n) is 16.2. The van der Waals surface area contributed by atoms with Crippen LogP contribution in [-0.2, 0) is 17.8 Å². The molecule has 0 aliphatic carbocycles. The maximum atomic E-state index is 12.2. The van der Waals surface area contributed by atoms with Crippen LogP contribution in [0.2, 0.25) is 0 Å². The number of nitrogens with one attached hydrogen (secondary N) is 2. The number of carbonyl (C=O) groups is 2. The third kappa shape index (κ3) is 6.17. The lowest BCUT2D eigenvalue weighted by Gasteiger charge is -2.09. The van der Waals surface area contributed by atoms with E-state index in [1.165, 1.54) is 0 Å². The molecule has 1 heterocycles. The number of pyridine rings is 1. The number of hydrogen-bond donors (Lipinski definition) is 2. The molecule has 0 aliphatic rings. The summed E-state index contributed by atoms with van der Waals surface area (Å²) in [4.78, 5) is 28.3. The number of hydrogen-bond acceptors (Lipinski definition) is 4. The molecule has 148 valence electrons. The van der Waals surface area contributed by atoms with Crippen LogP contribution in [0.4, 0.5) is 5.69 Å². The molecule has 0 aliphatic heterocycles. The van der Waals surface area contributed by atoms with Crippen molar-refractivity contribution in [3.05, 3.63) is 89.7 Å². The monoisotopic (exact) mass is 389 g/mol. The number of aromatic nitrogens is 1. The van der Waals surface area contributed by atoms with Crippen LogP contribution in [0.15, 0.2) is 73.1 Å². The first-order chi connectivity index (χ1) is 14.1. The van der Waals surface area contributed by atoms with Gasteiger partial charge in [0.1, 0.15) is 5.75 Å². The SMILES string of the molecule is COc1ccc(CCC(=O)NCc2cccc(NC(=O)c3ccncc3)c2)cc1. The molecular formula is C23H23N3O3. The van der Waals surface area contributed by atoms with Crippen LogP contribution in [0.3, 0.4) is 0 Å². The van der Waals surface area contributed by atoms with E-state index in [1.54, 1.807) is 31.6 Å². The highest BCUT2D eigenvalue weighted by Crippen LogP contribution is 2.14. The molecule has 6 heteroatoms. The van der Waals surface area contributed by atoms with Gasteiger partial charge in [-0.1, -0.05) is 24.3 Å². The van der Waals surface area contributed by atoms with Crippen LogP contribution in [0.5, 0.6) is 5.75 Å². The van der Waals surface area contributed by atoms with Gasteiger partial charge < -0.3 is 15.4 Å². The van der Waals surface area contributed by atoms with Crippen LogP contribution >= 0.6 is 0 Å². The Balaban J connectivity index is 1.48. The summed E-state index contributed by atoms with van der Waals surface area (Å²) in [6.07, 6.45) is 4.22. The van der Waals surface area contributed by atoms with Gasteiger partial charge in [-0.2, -0.15) is 0 Å². The molecule has 2 aromatic carbocycles. The molecule has 6 nitrogen and oxygen atoms in total. The molecule has 3 rings (SSSR count). The standard InChI is InChI=1S/C23H23N3O3/c1-29-21-8-5-17(6-9-21)7-10-22(27)25-16-18-3-2-4-20(15-18)26-23(28)19-11-13-24-14-12-19/h2-6,8-9,11-15H,7,10,16H2,1H3,(H,25,27)(H,26,28). The van der Waals surface area contributed by atoms with Crippen molar-refractivity contribution < 1.29 is 14.3 Å². The van der Waals surface area contributed by atoms with Crippen LogP contribution in [0.25, 0.3) is 0 Å². The molecule has 2 N–H and O–H groups in total. The molecule has 3 aromatic rings. The van der Waals surface area contributed by atoms with E-state index in [2.05, 4.69) is 15.6 Å². The van der Waals surface area contributed by atoms with Gasteiger partial charge in [-0.15, -0.1) is 0 Å². The minimum absolute atomic E-state index is 0.0213. The Bertz CT molecular complexity index is 957. The zero-order valence-corrected chi connectivity index (χ0v) is 16.2. The van der Waals surface area contributed by atoms with Gasteiger partial charge in [-0.3, -0.25) is 14.6 Å². The molecule has 0 unspecified atom stereocenters. The van der Waals surface area contributed by atoms with E-state index in [4.69, 9.17) is 4.74 Å². The molecule has 0 bridgehead atoms. The molecule has 0 saturated heterocycles. The Hall–Kier alpha value is -3.67. The average Bonchev–Trinajstić information content (AvgIpc) is 2.77. The van der Waals surface area contributed by atoms with Gasteiger partial charge in [-0.05, 0) is 53.9 Å². The molecule has 1 aromatic heterocycles. The van der Waals surface area contributed by atoms with Gasteiger partial charge in [-0.25, -0.2) is 0 Å². The summed E-state index contributed by atoms with van der Waals surface area (Å²) in [7, 11) is 1.63. The van der Waals surface area contributed by atoms with Crippen molar-refractivity contribution in [1.29, 1.82) is 0 Å². The minimum Gasteiger partial charge on any atom is -0.497 e. The van der Waals surface area contributed by atoms with Crippen LogP contribution in [-0.4, -0.2) is 23.9 Å². The predicted octanol–water partition coefficient (Wildman–Crippen LogP) is 3.59. The van der Waals surface area contributed by atoms with Crippen molar-refractivity contribution in [2.75, 3.05) is 12.4 Å². The van der Waals surface area contributed by atoms with Gasteiger partial charge in [0.25, 0.3) is 5.91 Å². The number of nitrogens with zero attached hydrogens (tertiary/aromatic N) is 1. The number of carbonyl (C=O) groups excluding carboxylic acids is 2. The number of ether oxygens (including phenoxy) is 1. The number of aryl methyl sites for hydroxylation is 1. The highest BCUT2D eigenvalue weighted by Gasteiger charge is 2.07. The third-order valence-electron chi connectivity index (χ3n) is 4.42. The molecule has 2 amide bonds. The first kappa shape index (κ1) is 20.1. The van der Waals surface area contributed by atoms with E-state index < -0.39 is 0 Å². The summed E-state index contributed by atoms with van der Waals surface area (Å²) in [6.45, 7) is 0.403. The van der Waals surface area contributed by atoms with Crippen LogP contribution in [0, 0.1) is 0 Å². The van der Waals surface area contributed by atoms with E-state index in [0.717, 1.165) is 16.9 Å². The van der Waals surface area contributed by atoms with E-state index in [-0.39, 0.29) is 11.8 Å². The van der Waals surface area contributed by atoms with Crippen molar-refractivity contribution in [2.24, 2.45) is 0 Å². The maximum absolute atomic E-state index is 12.2. The van der Waals surface area contributed by atoms with Gasteiger partial charge in [0.2, 0.25) is 5.91 Å². The van der Waals surface area contributed by atoms with Gasteiger partial charge in [0.15, 0.2) is 0 Å². The Morgan fingerprint density at radius 3 is 2.45 bits per heavy atom. The third-order valence-corrected chi connectivity index (χ3v) is 4.42. The summed E-state index contributed by atoms with van der Waals surface area (Å²) < 4.78 is 5.13. The quantitative estimate of drug-likeness (QED) is 0.617. The van der Waals surface area contributed by atoms with Crippen molar-refractivity contribution in [3.8, 4) is 5.75 Å². The molecule has 0 atom stereocenters. The Morgan fingerprint density at radius 1 is 0.966 bits per heavy atom. The van der Waals surface area contributed by atoms with E-state index >= 15 is 0 Å². The lowest BCUT2D eigenvalue weighted by molar-refractivity contribution is -0.121. The fraction of sp³-hybridized carbons (Fsp3) is 0.174. The minimum atomic E-state index is -0.201. The smallest absolute Gasteiger partial charge is 0.255 e. The van der Waals surface area contributed by atoms with Crippen LogP contribution in [0.1, 0.15) is 27.9 Å². The molecule has 0 fully saturated rings. The Kier molecular flexibility index (Phi) is 6.95. The molecule has 0 saturated carbocycles. The number of amides is 2. The molecule has 29 heavy (non-hydrogen) atoms. The Labute approximate surface area is 169 Å². The van der Waals surface area contributed by atoms with E-state index in [9.17, 15) is 9.59 Å². The molecular weight excluding hydrogens is 366 g/mol. The fourth-order valence-electron chi connectivity index (χ4n) is 2.80. The van der Waals surface area contributed by atoms with Crippen molar-refractivity contribution >= 4 is 17.5 Å². The lowest BCUT2D eigenvalue weighted by Crippen LogP contribution is -2.23. The van der Waals surface area contributed by atoms with Crippen molar-refractivity contribution in [3.63, 3.8) is 0 Å². The van der Waals surface area contributed by atoms with Gasteiger partial charge in [0.05, 0.1) is 7.11 Å². The van der Waals surface area contributed by atoms with Gasteiger partial charge >= 0.3 is 0 Å². The maximum Gasteiger partial charge on any atom is 0.255 e. The molecule has 0 spiro atoms. The first-order valence-electron chi connectivity index (χ1n) is 9.34. The number of methoxy groups -OCH3 is 1. The fourth-order valence-corrected chi connectivity index (χ4v) is 2.80. The van der Waals surface area contributed by atoms with Gasteiger partial charge in [0, 0.05) is 36.6 Å². The summed E-state index contributed by atoms with van der Waals surface area (Å²) in [6, 6.07) is 18.4. The highest BCUT2D eigenvalue weighted by molar-refractivity contribution is 6.04. The summed E-state index contributed by atoms with van der Waals surface area (Å²) in [5.74, 6) is 0.578. The summed E-state index contributed by atoms with van der Waals surface area (Å²) >= 11 is 0. The topological polar surface area (TPSA) is 80.3 Å². The Morgan fingerprint density at radius 2 is 1.72 bits per heavy atom.